The van der Waals surface area contributed by atoms with E-state index in [0.29, 0.717) is 6.42 Å². The van der Waals surface area contributed by atoms with Crippen molar-refractivity contribution in [2.75, 3.05) is 13.2 Å². The van der Waals surface area contributed by atoms with Gasteiger partial charge in [-0.05, 0) is 32.1 Å². The van der Waals surface area contributed by atoms with Gasteiger partial charge in [0.1, 0.15) is 0 Å². The van der Waals surface area contributed by atoms with Crippen molar-refractivity contribution in [1.82, 2.24) is 5.32 Å². The van der Waals surface area contributed by atoms with Crippen LogP contribution >= 0.6 is 0 Å². The van der Waals surface area contributed by atoms with Crippen LogP contribution in [0.1, 0.15) is 55.3 Å². The molecule has 0 saturated heterocycles. The summed E-state index contributed by atoms with van der Waals surface area (Å²) < 4.78 is 5.41. The van der Waals surface area contributed by atoms with Crippen LogP contribution < -0.4 is 5.32 Å². The van der Waals surface area contributed by atoms with E-state index in [1.165, 1.54) is 0 Å². The summed E-state index contributed by atoms with van der Waals surface area (Å²) in [6, 6.07) is 0. The van der Waals surface area contributed by atoms with Gasteiger partial charge in [-0.2, -0.15) is 0 Å². The third-order valence-corrected chi connectivity index (χ3v) is 2.07. The molecule has 1 amide bonds. The molecule has 0 spiro atoms. The van der Waals surface area contributed by atoms with Crippen molar-refractivity contribution in [3.05, 3.63) is 0 Å². The molecule has 3 nitrogen and oxygen atoms in total. The Hall–Kier alpha value is -0.570. The molecule has 0 unspecified atom stereocenters. The number of amides is 1. The number of hydrogen-bond donors (Lipinski definition) is 1. The van der Waals surface area contributed by atoms with Gasteiger partial charge in [0.2, 0.25) is 5.91 Å². The molecular formula is C13H29NO2. The standard InChI is InChI=1S/C13H27NO2.H2/c1-11(2)16-9-7-6-8-12(15)14-10-13(3,4)5;/h11H,6-10H2,1-5H3,(H,14,15);1H. The molecule has 0 saturated carbocycles. The lowest BCUT2D eigenvalue weighted by Crippen LogP contribution is -2.32. The van der Waals surface area contributed by atoms with Crippen LogP contribution in [-0.4, -0.2) is 25.2 Å². The van der Waals surface area contributed by atoms with Crippen LogP contribution in [0.3, 0.4) is 0 Å². The third kappa shape index (κ3) is 11.5. The second-order valence-corrected chi connectivity index (χ2v) is 5.71. The predicted octanol–water partition coefficient (Wildman–Crippen LogP) is 2.99. The average Bonchev–Trinajstić information content (AvgIpc) is 2.12. The van der Waals surface area contributed by atoms with E-state index in [1.54, 1.807) is 0 Å². The molecule has 0 aliphatic heterocycles. The van der Waals surface area contributed by atoms with Crippen LogP contribution in [0.4, 0.5) is 0 Å². The van der Waals surface area contributed by atoms with Gasteiger partial charge in [-0.1, -0.05) is 20.8 Å². The number of carbonyl (C=O) groups is 1. The van der Waals surface area contributed by atoms with Gasteiger partial charge in [0.15, 0.2) is 0 Å². The SMILES string of the molecule is CC(C)OCCCCC(=O)NCC(C)(C)C.[HH]. The molecule has 0 aromatic heterocycles. The number of rotatable bonds is 7. The van der Waals surface area contributed by atoms with E-state index in [9.17, 15) is 4.79 Å². The molecule has 0 aromatic carbocycles. The van der Waals surface area contributed by atoms with Gasteiger partial charge in [-0.3, -0.25) is 4.79 Å². The lowest BCUT2D eigenvalue weighted by molar-refractivity contribution is -0.121. The van der Waals surface area contributed by atoms with E-state index >= 15 is 0 Å². The minimum atomic E-state index is 0. The Morgan fingerprint density at radius 2 is 1.94 bits per heavy atom. The Morgan fingerprint density at radius 1 is 1.31 bits per heavy atom. The lowest BCUT2D eigenvalue weighted by Gasteiger charge is -2.18. The highest BCUT2D eigenvalue weighted by Gasteiger charge is 2.11. The summed E-state index contributed by atoms with van der Waals surface area (Å²) in [5.41, 5.74) is 0.163. The fourth-order valence-electron chi connectivity index (χ4n) is 1.16. The van der Waals surface area contributed by atoms with Crippen LogP contribution in [0, 0.1) is 5.41 Å². The Balaban J connectivity index is 0. The van der Waals surface area contributed by atoms with Crippen molar-refractivity contribution in [1.29, 1.82) is 0 Å². The summed E-state index contributed by atoms with van der Waals surface area (Å²) in [7, 11) is 0. The third-order valence-electron chi connectivity index (χ3n) is 2.07. The van der Waals surface area contributed by atoms with Gasteiger partial charge in [-0.25, -0.2) is 0 Å². The number of carbonyl (C=O) groups excluding carboxylic acids is 1. The van der Waals surface area contributed by atoms with E-state index in [2.05, 4.69) is 26.1 Å². The van der Waals surface area contributed by atoms with Crippen LogP contribution in [0.2, 0.25) is 0 Å². The minimum absolute atomic E-state index is 0. The van der Waals surface area contributed by atoms with Gasteiger partial charge in [0.05, 0.1) is 6.10 Å². The highest BCUT2D eigenvalue weighted by Crippen LogP contribution is 2.10. The molecular weight excluding hydrogens is 202 g/mol. The normalized spacial score (nSPS) is 11.9. The van der Waals surface area contributed by atoms with E-state index in [1.807, 2.05) is 13.8 Å². The molecule has 0 atom stereocenters. The van der Waals surface area contributed by atoms with Crippen molar-refractivity contribution >= 4 is 5.91 Å². The second-order valence-electron chi connectivity index (χ2n) is 5.71. The molecule has 98 valence electrons. The molecule has 16 heavy (non-hydrogen) atoms. The monoisotopic (exact) mass is 231 g/mol. The maximum atomic E-state index is 11.4. The summed E-state index contributed by atoms with van der Waals surface area (Å²) in [4.78, 5) is 11.4. The zero-order valence-electron chi connectivity index (χ0n) is 11.4. The van der Waals surface area contributed by atoms with Gasteiger partial charge in [0, 0.05) is 21.0 Å². The quantitative estimate of drug-likeness (QED) is 0.684. The van der Waals surface area contributed by atoms with Crippen LogP contribution in [0.15, 0.2) is 0 Å². The first kappa shape index (κ1) is 15.4. The van der Waals surface area contributed by atoms with Crippen LogP contribution in [0.25, 0.3) is 0 Å². The van der Waals surface area contributed by atoms with Crippen molar-refractivity contribution in [2.24, 2.45) is 5.41 Å². The molecule has 0 heterocycles. The van der Waals surface area contributed by atoms with E-state index in [4.69, 9.17) is 4.74 Å². The molecule has 0 rings (SSSR count). The van der Waals surface area contributed by atoms with Gasteiger partial charge < -0.3 is 10.1 Å². The van der Waals surface area contributed by atoms with Gasteiger partial charge in [-0.15, -0.1) is 0 Å². The summed E-state index contributed by atoms with van der Waals surface area (Å²) >= 11 is 0. The summed E-state index contributed by atoms with van der Waals surface area (Å²) in [6.07, 6.45) is 2.76. The first-order valence-corrected chi connectivity index (χ1v) is 6.19. The summed E-state index contributed by atoms with van der Waals surface area (Å²) in [5.74, 6) is 0.152. The van der Waals surface area contributed by atoms with Crippen molar-refractivity contribution in [2.45, 2.75) is 60.0 Å². The number of nitrogens with one attached hydrogen (secondary N) is 1. The topological polar surface area (TPSA) is 38.3 Å². The number of unbranched alkanes of at least 4 members (excludes halogenated alkanes) is 1. The molecule has 0 aromatic rings. The Morgan fingerprint density at radius 3 is 2.44 bits per heavy atom. The molecule has 3 heteroatoms. The highest BCUT2D eigenvalue weighted by atomic mass is 16.5. The minimum Gasteiger partial charge on any atom is -0.379 e. The smallest absolute Gasteiger partial charge is 0.220 e. The summed E-state index contributed by atoms with van der Waals surface area (Å²) in [6.45, 7) is 11.9. The predicted molar refractivity (Wildman–Crippen MR) is 69.5 cm³/mol. The van der Waals surface area contributed by atoms with E-state index < -0.39 is 0 Å². The maximum Gasteiger partial charge on any atom is 0.220 e. The zero-order chi connectivity index (χ0) is 12.6. The molecule has 1 N–H and O–H groups in total. The first-order valence-electron chi connectivity index (χ1n) is 6.19. The van der Waals surface area contributed by atoms with Crippen molar-refractivity contribution < 1.29 is 11.0 Å². The highest BCUT2D eigenvalue weighted by molar-refractivity contribution is 5.75. The molecule has 0 fully saturated rings. The largest absolute Gasteiger partial charge is 0.379 e. The fourth-order valence-corrected chi connectivity index (χ4v) is 1.16. The molecule has 0 aliphatic carbocycles. The molecule has 0 aliphatic rings. The maximum absolute atomic E-state index is 11.4. The Kier molecular flexibility index (Phi) is 7.39. The Labute approximate surface area is 101 Å². The Bertz CT molecular complexity index is 200. The fraction of sp³-hybridized carbons (Fsp3) is 0.923. The van der Waals surface area contributed by atoms with Gasteiger partial charge in [0.25, 0.3) is 0 Å². The van der Waals surface area contributed by atoms with Crippen molar-refractivity contribution in [3.63, 3.8) is 0 Å². The second kappa shape index (κ2) is 7.66. The summed E-state index contributed by atoms with van der Waals surface area (Å²) in [5, 5.41) is 2.94. The number of ether oxygens (including phenoxy) is 1. The lowest BCUT2D eigenvalue weighted by atomic mass is 9.97. The van der Waals surface area contributed by atoms with E-state index in [-0.39, 0.29) is 18.9 Å². The molecule has 0 radical (unpaired) electrons. The average molecular weight is 231 g/mol. The van der Waals surface area contributed by atoms with Crippen molar-refractivity contribution in [3.8, 4) is 0 Å². The molecule has 0 bridgehead atoms. The zero-order valence-corrected chi connectivity index (χ0v) is 11.4. The number of hydrogen-bond acceptors (Lipinski definition) is 2. The van der Waals surface area contributed by atoms with Gasteiger partial charge >= 0.3 is 0 Å². The first-order chi connectivity index (χ1) is 7.31. The van der Waals surface area contributed by atoms with Crippen LogP contribution in [0.5, 0.6) is 0 Å². The van der Waals surface area contributed by atoms with Crippen LogP contribution in [-0.2, 0) is 9.53 Å². The van der Waals surface area contributed by atoms with E-state index in [0.717, 1.165) is 26.0 Å².